The van der Waals surface area contributed by atoms with E-state index in [2.05, 4.69) is 11.6 Å². The molecule has 0 heterocycles. The van der Waals surface area contributed by atoms with Crippen molar-refractivity contribution in [2.75, 3.05) is 13.7 Å². The van der Waals surface area contributed by atoms with E-state index in [1.165, 1.54) is 13.1 Å². The molecule has 0 spiro atoms. The molecular formula is C24H31NO3. The summed E-state index contributed by atoms with van der Waals surface area (Å²) in [6, 6.07) is 5.86. The van der Waals surface area contributed by atoms with Gasteiger partial charge in [0.05, 0.1) is 12.7 Å². The summed E-state index contributed by atoms with van der Waals surface area (Å²) < 4.78 is 5.45. The highest BCUT2D eigenvalue weighted by atomic mass is 16.5. The third-order valence-electron chi connectivity index (χ3n) is 4.37. The Bertz CT molecular complexity index is 855. The highest BCUT2D eigenvalue weighted by Crippen LogP contribution is 2.30. The molecule has 1 N–H and O–H groups in total. The Morgan fingerprint density at radius 2 is 1.86 bits per heavy atom. The molecule has 0 atom stereocenters. The van der Waals surface area contributed by atoms with Crippen LogP contribution in [-0.2, 0) is 4.79 Å². The van der Waals surface area contributed by atoms with Gasteiger partial charge < -0.3 is 9.84 Å². The number of carbonyl (C=O) groups excluding carboxylic acids is 1. The first-order valence-electron chi connectivity index (χ1n) is 9.36. The van der Waals surface area contributed by atoms with E-state index in [9.17, 15) is 9.90 Å². The van der Waals surface area contributed by atoms with Gasteiger partial charge in [-0.15, -0.1) is 0 Å². The van der Waals surface area contributed by atoms with Crippen LogP contribution >= 0.6 is 0 Å². The number of ketones is 1. The minimum absolute atomic E-state index is 0.0864. The van der Waals surface area contributed by atoms with E-state index in [1.807, 2.05) is 52.0 Å². The monoisotopic (exact) mass is 381 g/mol. The standard InChI is InChI=1S/C24H31NO3/c1-8-12-25-15-21(20(6)26)22(27)14-18(4)17(3)13-19(5)24-16(2)10-9-11-23(24)28-7/h9-11,13-15,27H,5,8,12H2,1-4,6-7H3/b17-13+,18-14+,22-21-,25-15?. The largest absolute Gasteiger partial charge is 0.507 e. The molecule has 0 saturated heterocycles. The number of Topliss-reactive ketones (excluding diaryl/α,β-unsaturated/α-hetero) is 1. The van der Waals surface area contributed by atoms with E-state index in [0.29, 0.717) is 6.54 Å². The molecule has 28 heavy (non-hydrogen) atoms. The van der Waals surface area contributed by atoms with Gasteiger partial charge in [0.2, 0.25) is 0 Å². The fourth-order valence-corrected chi connectivity index (χ4v) is 2.69. The predicted molar refractivity (Wildman–Crippen MR) is 118 cm³/mol. The number of ether oxygens (including phenoxy) is 1. The maximum Gasteiger partial charge on any atom is 0.165 e. The van der Waals surface area contributed by atoms with E-state index >= 15 is 0 Å². The maximum absolute atomic E-state index is 11.8. The minimum Gasteiger partial charge on any atom is -0.507 e. The average molecular weight is 382 g/mol. The lowest BCUT2D eigenvalue weighted by atomic mass is 9.97. The van der Waals surface area contributed by atoms with Crippen LogP contribution in [0.3, 0.4) is 0 Å². The highest BCUT2D eigenvalue weighted by Gasteiger charge is 2.10. The Morgan fingerprint density at radius 3 is 2.43 bits per heavy atom. The molecule has 0 aliphatic rings. The van der Waals surface area contributed by atoms with E-state index < -0.39 is 0 Å². The van der Waals surface area contributed by atoms with Crippen LogP contribution in [0.2, 0.25) is 0 Å². The van der Waals surface area contributed by atoms with Crippen molar-refractivity contribution < 1.29 is 14.6 Å². The van der Waals surface area contributed by atoms with Crippen molar-refractivity contribution in [3.8, 4) is 5.75 Å². The number of aliphatic hydroxyl groups is 1. The zero-order chi connectivity index (χ0) is 21.3. The molecule has 1 aromatic rings. The van der Waals surface area contributed by atoms with Gasteiger partial charge in [-0.2, -0.15) is 0 Å². The molecule has 0 unspecified atom stereocenters. The van der Waals surface area contributed by atoms with Crippen LogP contribution in [0.5, 0.6) is 5.75 Å². The van der Waals surface area contributed by atoms with Crippen molar-refractivity contribution in [3.05, 3.63) is 70.5 Å². The van der Waals surface area contributed by atoms with Crippen LogP contribution < -0.4 is 4.74 Å². The van der Waals surface area contributed by atoms with Gasteiger partial charge in [0.25, 0.3) is 0 Å². The van der Waals surface area contributed by atoms with Crippen molar-refractivity contribution in [1.29, 1.82) is 0 Å². The number of benzene rings is 1. The molecule has 0 amide bonds. The zero-order valence-corrected chi connectivity index (χ0v) is 17.8. The Morgan fingerprint density at radius 1 is 1.21 bits per heavy atom. The van der Waals surface area contributed by atoms with Crippen LogP contribution in [0.4, 0.5) is 0 Å². The molecule has 4 nitrogen and oxygen atoms in total. The summed E-state index contributed by atoms with van der Waals surface area (Å²) in [4.78, 5) is 16.0. The average Bonchev–Trinajstić information content (AvgIpc) is 2.64. The van der Waals surface area contributed by atoms with E-state index in [1.54, 1.807) is 13.2 Å². The Kier molecular flexibility index (Phi) is 9.16. The minimum atomic E-state index is -0.225. The summed E-state index contributed by atoms with van der Waals surface area (Å²) in [5.41, 5.74) is 4.81. The van der Waals surface area contributed by atoms with Crippen LogP contribution in [0.15, 0.2) is 64.4 Å². The van der Waals surface area contributed by atoms with Crippen LogP contribution in [0, 0.1) is 6.92 Å². The van der Waals surface area contributed by atoms with Crippen LogP contribution in [0.1, 0.15) is 45.2 Å². The summed E-state index contributed by atoms with van der Waals surface area (Å²) in [6.45, 7) is 14.0. The number of hydrogen-bond acceptors (Lipinski definition) is 4. The summed E-state index contributed by atoms with van der Waals surface area (Å²) >= 11 is 0. The Labute approximate surface area is 168 Å². The molecule has 0 fully saturated rings. The molecule has 0 aliphatic heterocycles. The second-order valence-corrected chi connectivity index (χ2v) is 6.72. The molecule has 0 radical (unpaired) electrons. The van der Waals surface area contributed by atoms with Gasteiger partial charge in [-0.3, -0.25) is 9.79 Å². The normalized spacial score (nSPS) is 13.5. The van der Waals surface area contributed by atoms with Gasteiger partial charge in [-0.05, 0) is 68.5 Å². The topological polar surface area (TPSA) is 58.9 Å². The lowest BCUT2D eigenvalue weighted by Gasteiger charge is -2.13. The lowest BCUT2D eigenvalue weighted by Crippen LogP contribution is -2.03. The van der Waals surface area contributed by atoms with Gasteiger partial charge in [0.1, 0.15) is 11.5 Å². The number of nitrogens with zero attached hydrogens (tertiary/aromatic N) is 1. The Balaban J connectivity index is 3.23. The summed E-state index contributed by atoms with van der Waals surface area (Å²) in [5.74, 6) is 0.457. The lowest BCUT2D eigenvalue weighted by molar-refractivity contribution is -0.113. The first kappa shape index (κ1) is 23.2. The van der Waals surface area contributed by atoms with E-state index in [-0.39, 0.29) is 17.1 Å². The second kappa shape index (κ2) is 11.1. The SMILES string of the molecule is C=C(/C=C(C)/C(C)=C/C(O)=C(\C=NCCC)C(C)=O)c1c(C)cccc1OC. The molecule has 150 valence electrons. The zero-order valence-electron chi connectivity index (χ0n) is 17.8. The van der Waals surface area contributed by atoms with Crippen LogP contribution in [-0.4, -0.2) is 30.8 Å². The van der Waals surface area contributed by atoms with Gasteiger partial charge in [0.15, 0.2) is 5.78 Å². The fraction of sp³-hybridized carbons (Fsp3) is 0.333. The quantitative estimate of drug-likeness (QED) is 0.255. The number of carbonyl (C=O) groups is 1. The van der Waals surface area contributed by atoms with Gasteiger partial charge in [0, 0.05) is 18.3 Å². The van der Waals surface area contributed by atoms with Gasteiger partial charge >= 0.3 is 0 Å². The van der Waals surface area contributed by atoms with E-state index in [0.717, 1.165) is 40.0 Å². The summed E-state index contributed by atoms with van der Waals surface area (Å²) in [7, 11) is 1.64. The number of allylic oxidation sites excluding steroid dienone is 6. The molecule has 1 rings (SSSR count). The molecule has 0 aliphatic carbocycles. The number of aliphatic hydroxyl groups excluding tert-OH is 1. The third-order valence-corrected chi connectivity index (χ3v) is 4.37. The van der Waals surface area contributed by atoms with Crippen molar-refractivity contribution in [3.63, 3.8) is 0 Å². The summed E-state index contributed by atoms with van der Waals surface area (Å²) in [5, 5.41) is 10.4. The first-order chi connectivity index (χ1) is 13.2. The van der Waals surface area contributed by atoms with Gasteiger partial charge in [-0.25, -0.2) is 0 Å². The predicted octanol–water partition coefficient (Wildman–Crippen LogP) is 5.79. The van der Waals surface area contributed by atoms with Crippen molar-refractivity contribution in [2.45, 2.75) is 41.0 Å². The fourth-order valence-electron chi connectivity index (χ4n) is 2.69. The number of hydrogen-bond donors (Lipinski definition) is 1. The van der Waals surface area contributed by atoms with Crippen molar-refractivity contribution >= 4 is 17.6 Å². The van der Waals surface area contributed by atoms with Gasteiger partial charge in [-0.1, -0.05) is 31.7 Å². The van der Waals surface area contributed by atoms with Crippen molar-refractivity contribution in [1.82, 2.24) is 0 Å². The molecule has 4 heteroatoms. The second-order valence-electron chi connectivity index (χ2n) is 6.72. The molecule has 0 aromatic heterocycles. The van der Waals surface area contributed by atoms with Crippen molar-refractivity contribution in [2.24, 2.45) is 4.99 Å². The third kappa shape index (κ3) is 6.38. The Hall–Kier alpha value is -2.88. The number of aryl methyl sites for hydroxylation is 1. The molecular weight excluding hydrogens is 350 g/mol. The highest BCUT2D eigenvalue weighted by molar-refractivity contribution is 6.12. The smallest absolute Gasteiger partial charge is 0.165 e. The first-order valence-corrected chi connectivity index (χ1v) is 9.36. The molecule has 0 saturated carbocycles. The molecule has 0 bridgehead atoms. The summed E-state index contributed by atoms with van der Waals surface area (Å²) in [6.07, 6.45) is 5.86. The van der Waals surface area contributed by atoms with Crippen LogP contribution in [0.25, 0.3) is 5.57 Å². The molecule has 1 aromatic carbocycles. The number of rotatable bonds is 9. The maximum atomic E-state index is 11.8. The number of methoxy groups -OCH3 is 1. The number of aliphatic imine (C=N–C) groups is 1. The van der Waals surface area contributed by atoms with E-state index in [4.69, 9.17) is 4.74 Å².